The van der Waals surface area contributed by atoms with Crippen LogP contribution in [0.2, 0.25) is 25.7 Å². The van der Waals surface area contributed by atoms with E-state index < -0.39 is 41.4 Å². The Bertz CT molecular complexity index is 1310. The van der Waals surface area contributed by atoms with E-state index in [4.69, 9.17) is 9.26 Å². The van der Waals surface area contributed by atoms with Gasteiger partial charge < -0.3 is 14.6 Å². The lowest BCUT2D eigenvalue weighted by Gasteiger charge is -2.31. The first kappa shape index (κ1) is 28.2. The highest BCUT2D eigenvalue weighted by molar-refractivity contribution is 7.92. The van der Waals surface area contributed by atoms with Gasteiger partial charge in [-0.3, -0.25) is 4.90 Å². The van der Waals surface area contributed by atoms with E-state index >= 15 is 8.78 Å². The van der Waals surface area contributed by atoms with Gasteiger partial charge in [-0.15, -0.1) is 0 Å². The van der Waals surface area contributed by atoms with Crippen LogP contribution in [-0.2, 0) is 27.8 Å². The SMILES string of the molecule is C[Si](C)(C)CCOCN(c1ccon1)S(=O)(=O)c1c(F)cc(NCc2ccccc2CN2CCC2)cc1F. The summed E-state index contributed by atoms with van der Waals surface area (Å²) < 4.78 is 68.3. The van der Waals surface area contributed by atoms with E-state index in [0.717, 1.165) is 48.9 Å². The van der Waals surface area contributed by atoms with Crippen LogP contribution >= 0.6 is 0 Å². The van der Waals surface area contributed by atoms with Crippen molar-refractivity contribution in [2.75, 3.05) is 36.0 Å². The Labute approximate surface area is 223 Å². The largest absolute Gasteiger partial charge is 0.381 e. The van der Waals surface area contributed by atoms with Gasteiger partial charge in [0.25, 0.3) is 10.0 Å². The Morgan fingerprint density at radius 3 is 2.37 bits per heavy atom. The Morgan fingerprint density at radius 2 is 1.79 bits per heavy atom. The molecule has 1 aromatic heterocycles. The third kappa shape index (κ3) is 6.98. The number of aromatic nitrogens is 1. The zero-order chi connectivity index (χ0) is 27.3. The summed E-state index contributed by atoms with van der Waals surface area (Å²) in [6.07, 6.45) is 2.37. The van der Waals surface area contributed by atoms with E-state index in [9.17, 15) is 8.42 Å². The molecule has 0 aliphatic carbocycles. The molecule has 0 spiro atoms. The molecule has 0 amide bonds. The number of nitrogens with zero attached hydrogens (tertiary/aromatic N) is 3. The number of hydrogen-bond acceptors (Lipinski definition) is 7. The minimum absolute atomic E-state index is 0.127. The molecule has 2 aromatic carbocycles. The molecule has 1 aliphatic rings. The van der Waals surface area contributed by atoms with Crippen LogP contribution < -0.4 is 9.62 Å². The zero-order valence-corrected chi connectivity index (χ0v) is 23.7. The fourth-order valence-corrected chi connectivity index (χ4v) is 6.14. The predicted molar refractivity (Wildman–Crippen MR) is 145 cm³/mol. The van der Waals surface area contributed by atoms with Crippen molar-refractivity contribution >= 4 is 29.6 Å². The van der Waals surface area contributed by atoms with Crippen LogP contribution in [0.1, 0.15) is 17.5 Å². The molecule has 1 N–H and O–H groups in total. The van der Waals surface area contributed by atoms with Crippen LogP contribution in [0.5, 0.6) is 0 Å². The number of ether oxygens (including phenoxy) is 1. The van der Waals surface area contributed by atoms with Gasteiger partial charge in [-0.25, -0.2) is 21.5 Å². The average molecular weight is 565 g/mol. The maximum absolute atomic E-state index is 15.2. The van der Waals surface area contributed by atoms with E-state index in [2.05, 4.69) is 35.0 Å². The summed E-state index contributed by atoms with van der Waals surface area (Å²) in [4.78, 5) is 1.26. The minimum Gasteiger partial charge on any atom is -0.381 e. The zero-order valence-electron chi connectivity index (χ0n) is 21.9. The number of rotatable bonds is 13. The smallest absolute Gasteiger partial charge is 0.273 e. The molecule has 0 unspecified atom stereocenters. The molecular formula is C26H34F2N4O4SSi. The molecule has 0 bridgehead atoms. The maximum atomic E-state index is 15.2. The topological polar surface area (TPSA) is 87.9 Å². The van der Waals surface area contributed by atoms with Gasteiger partial charge in [-0.1, -0.05) is 49.1 Å². The normalized spacial score (nSPS) is 14.3. The summed E-state index contributed by atoms with van der Waals surface area (Å²) >= 11 is 0. The molecule has 2 heterocycles. The second kappa shape index (κ2) is 11.9. The van der Waals surface area contributed by atoms with Crippen molar-refractivity contribution in [1.82, 2.24) is 10.1 Å². The van der Waals surface area contributed by atoms with Gasteiger partial charge in [0, 0.05) is 39.5 Å². The van der Waals surface area contributed by atoms with E-state index in [1.54, 1.807) is 0 Å². The summed E-state index contributed by atoms with van der Waals surface area (Å²) in [7, 11) is -6.12. The molecule has 206 valence electrons. The molecular weight excluding hydrogens is 530 g/mol. The highest BCUT2D eigenvalue weighted by Gasteiger charge is 2.33. The molecule has 1 saturated heterocycles. The molecule has 0 saturated carbocycles. The summed E-state index contributed by atoms with van der Waals surface area (Å²) in [5.74, 6) is -2.55. The Balaban J connectivity index is 1.51. The van der Waals surface area contributed by atoms with Crippen molar-refractivity contribution in [3.05, 3.63) is 71.5 Å². The molecule has 4 rings (SSSR count). The van der Waals surface area contributed by atoms with Crippen molar-refractivity contribution < 1.29 is 26.5 Å². The van der Waals surface area contributed by atoms with Crippen LogP contribution in [0.25, 0.3) is 0 Å². The first-order chi connectivity index (χ1) is 18.0. The molecule has 8 nitrogen and oxygen atoms in total. The average Bonchev–Trinajstić information content (AvgIpc) is 3.33. The van der Waals surface area contributed by atoms with Gasteiger partial charge in [0.2, 0.25) is 0 Å². The number of likely N-dealkylation sites (tertiary alicyclic amines) is 1. The fourth-order valence-electron chi connectivity index (χ4n) is 4.00. The van der Waals surface area contributed by atoms with Crippen molar-refractivity contribution in [3.63, 3.8) is 0 Å². The van der Waals surface area contributed by atoms with Gasteiger partial charge in [-0.05, 0) is 48.8 Å². The van der Waals surface area contributed by atoms with Gasteiger partial charge in [-0.2, -0.15) is 0 Å². The Kier molecular flexibility index (Phi) is 8.86. The summed E-state index contributed by atoms with van der Waals surface area (Å²) in [5.41, 5.74) is 2.28. The second-order valence-electron chi connectivity index (χ2n) is 10.6. The summed E-state index contributed by atoms with van der Waals surface area (Å²) in [6.45, 7) is 9.61. The van der Waals surface area contributed by atoms with E-state index in [1.165, 1.54) is 18.8 Å². The predicted octanol–water partition coefficient (Wildman–Crippen LogP) is 5.28. The van der Waals surface area contributed by atoms with Crippen LogP contribution in [0.4, 0.5) is 20.3 Å². The third-order valence-corrected chi connectivity index (χ3v) is 9.86. The van der Waals surface area contributed by atoms with E-state index in [0.29, 0.717) is 17.5 Å². The van der Waals surface area contributed by atoms with Gasteiger partial charge in [0.1, 0.15) is 24.6 Å². The molecule has 1 fully saturated rings. The second-order valence-corrected chi connectivity index (χ2v) is 18.0. The van der Waals surface area contributed by atoms with Crippen molar-refractivity contribution in [2.24, 2.45) is 0 Å². The highest BCUT2D eigenvalue weighted by Crippen LogP contribution is 2.29. The third-order valence-electron chi connectivity index (χ3n) is 6.38. The molecule has 0 radical (unpaired) electrons. The van der Waals surface area contributed by atoms with Crippen molar-refractivity contribution in [3.8, 4) is 0 Å². The lowest BCUT2D eigenvalue weighted by atomic mass is 10.1. The highest BCUT2D eigenvalue weighted by atomic mass is 32.2. The van der Waals surface area contributed by atoms with E-state index in [1.807, 2.05) is 24.3 Å². The van der Waals surface area contributed by atoms with Crippen LogP contribution in [0.15, 0.2) is 58.1 Å². The number of anilines is 2. The van der Waals surface area contributed by atoms with E-state index in [-0.39, 0.29) is 11.5 Å². The summed E-state index contributed by atoms with van der Waals surface area (Å²) in [6, 6.07) is 11.9. The molecule has 0 atom stereocenters. The quantitative estimate of drug-likeness (QED) is 0.172. The lowest BCUT2D eigenvalue weighted by Crippen LogP contribution is -2.36. The standard InChI is InChI=1S/C26H34F2N4O4SSi/c1-38(2,3)14-13-35-19-32(25-9-12-36-30-25)37(33,34)26-23(27)15-22(16-24(26)28)29-17-20-7-4-5-8-21(20)18-31-10-6-11-31/h4-5,7-9,12,15-16,29H,6,10-11,13-14,17-19H2,1-3H3. The molecule has 1 aliphatic heterocycles. The van der Waals surface area contributed by atoms with Gasteiger partial charge >= 0.3 is 0 Å². The first-order valence-corrected chi connectivity index (χ1v) is 17.7. The molecule has 3 aromatic rings. The first-order valence-electron chi connectivity index (χ1n) is 12.6. The monoisotopic (exact) mass is 564 g/mol. The Morgan fingerprint density at radius 1 is 1.11 bits per heavy atom. The van der Waals surface area contributed by atoms with Crippen LogP contribution in [0.3, 0.4) is 0 Å². The van der Waals surface area contributed by atoms with Crippen molar-refractivity contribution in [2.45, 2.75) is 50.1 Å². The van der Waals surface area contributed by atoms with Gasteiger partial charge in [0.15, 0.2) is 10.7 Å². The number of benzene rings is 2. The van der Waals surface area contributed by atoms with Crippen LogP contribution in [-0.4, -0.2) is 53.0 Å². The molecule has 38 heavy (non-hydrogen) atoms. The Hall–Kier alpha value is -2.80. The molecule has 12 heteroatoms. The fraction of sp³-hybridized carbons (Fsp3) is 0.423. The van der Waals surface area contributed by atoms with Gasteiger partial charge in [0.05, 0.1) is 0 Å². The summed E-state index contributed by atoms with van der Waals surface area (Å²) in [5, 5.41) is 6.68. The van der Waals surface area contributed by atoms with Crippen molar-refractivity contribution in [1.29, 1.82) is 0 Å². The number of halogens is 2. The maximum Gasteiger partial charge on any atom is 0.273 e. The number of nitrogens with one attached hydrogen (secondary N) is 1. The number of sulfonamides is 1. The lowest BCUT2D eigenvalue weighted by molar-refractivity contribution is 0.155. The number of hydrogen-bond donors (Lipinski definition) is 1. The minimum atomic E-state index is -4.69. The van der Waals surface area contributed by atoms with Crippen LogP contribution in [0, 0.1) is 11.6 Å².